The zero-order valence-corrected chi connectivity index (χ0v) is 13.7. The first kappa shape index (κ1) is 16.2. The molecule has 0 aromatic carbocycles. The van der Waals surface area contributed by atoms with Gasteiger partial charge in [0.25, 0.3) is 0 Å². The fourth-order valence-electron chi connectivity index (χ4n) is 3.34. The Hall–Kier alpha value is -0.170. The summed E-state index contributed by atoms with van der Waals surface area (Å²) >= 11 is 0. The van der Waals surface area contributed by atoms with Crippen molar-refractivity contribution in [1.29, 1.82) is 0 Å². The van der Waals surface area contributed by atoms with Crippen LogP contribution in [0, 0.1) is 5.92 Å². The number of rotatable bonds is 5. The van der Waals surface area contributed by atoms with Crippen molar-refractivity contribution in [3.8, 4) is 0 Å². The number of nitrogens with one attached hydrogen (secondary N) is 1. The molecule has 2 heterocycles. The molecule has 0 aromatic rings. The van der Waals surface area contributed by atoms with E-state index in [-0.39, 0.29) is 11.8 Å². The van der Waals surface area contributed by atoms with Crippen LogP contribution >= 0.6 is 0 Å². The fourth-order valence-corrected chi connectivity index (χ4v) is 4.41. The minimum atomic E-state index is -3.04. The van der Waals surface area contributed by atoms with Gasteiger partial charge in [-0.25, -0.2) is 12.7 Å². The molecule has 5 nitrogen and oxygen atoms in total. The third kappa shape index (κ3) is 4.16. The lowest BCUT2D eigenvalue weighted by molar-refractivity contribution is 0.142. The van der Waals surface area contributed by atoms with E-state index in [9.17, 15) is 8.42 Å². The predicted octanol–water partition coefficient (Wildman–Crippen LogP) is 0.732. The van der Waals surface area contributed by atoms with E-state index in [1.807, 2.05) is 0 Å². The molecule has 0 amide bonds. The van der Waals surface area contributed by atoms with Crippen LogP contribution in [0.2, 0.25) is 0 Å². The maximum atomic E-state index is 11.9. The largest absolute Gasteiger partial charge is 0.316 e. The van der Waals surface area contributed by atoms with Gasteiger partial charge in [0.1, 0.15) is 0 Å². The van der Waals surface area contributed by atoms with Gasteiger partial charge in [-0.05, 0) is 64.7 Å². The molecule has 0 saturated carbocycles. The Balaban J connectivity index is 1.77. The molecule has 2 rings (SSSR count). The molecule has 2 aliphatic heterocycles. The van der Waals surface area contributed by atoms with Crippen molar-refractivity contribution in [2.75, 3.05) is 45.5 Å². The smallest absolute Gasteiger partial charge is 0.213 e. The number of likely N-dealkylation sites (tertiary alicyclic amines) is 1. The topological polar surface area (TPSA) is 52.7 Å². The Morgan fingerprint density at radius 2 is 1.95 bits per heavy atom. The summed E-state index contributed by atoms with van der Waals surface area (Å²) in [5.41, 5.74) is 0. The molecular weight excluding hydrogens is 274 g/mol. The van der Waals surface area contributed by atoms with E-state index in [1.165, 1.54) is 19.4 Å². The number of hydrogen-bond acceptors (Lipinski definition) is 4. The summed E-state index contributed by atoms with van der Waals surface area (Å²) < 4.78 is 25.4. The van der Waals surface area contributed by atoms with Crippen molar-refractivity contribution in [1.82, 2.24) is 14.5 Å². The van der Waals surface area contributed by atoms with Gasteiger partial charge in [0, 0.05) is 19.6 Å². The molecule has 2 aliphatic rings. The molecule has 0 bridgehead atoms. The lowest BCUT2D eigenvalue weighted by atomic mass is 9.97. The minimum absolute atomic E-state index is 0.195. The number of hydrogen-bond donors (Lipinski definition) is 1. The molecule has 0 spiro atoms. The van der Waals surface area contributed by atoms with Gasteiger partial charge in [-0.1, -0.05) is 0 Å². The van der Waals surface area contributed by atoms with Gasteiger partial charge in [0.05, 0.1) is 5.75 Å². The Morgan fingerprint density at radius 3 is 2.50 bits per heavy atom. The van der Waals surface area contributed by atoms with Crippen molar-refractivity contribution in [3.63, 3.8) is 0 Å². The molecule has 6 heteroatoms. The highest BCUT2D eigenvalue weighted by molar-refractivity contribution is 7.89. The van der Waals surface area contributed by atoms with Crippen LogP contribution in [-0.2, 0) is 10.0 Å². The highest BCUT2D eigenvalue weighted by atomic mass is 32.2. The summed E-state index contributed by atoms with van der Waals surface area (Å²) in [4.78, 5) is 2.51. The second kappa shape index (κ2) is 7.20. The average Bonchev–Trinajstić information content (AvgIpc) is 2.48. The summed E-state index contributed by atoms with van der Waals surface area (Å²) in [5.74, 6) is 0.981. The number of piperidine rings is 2. The van der Waals surface area contributed by atoms with E-state index in [4.69, 9.17) is 0 Å². The van der Waals surface area contributed by atoms with Crippen molar-refractivity contribution in [2.45, 2.75) is 38.6 Å². The van der Waals surface area contributed by atoms with Crippen LogP contribution in [0.15, 0.2) is 0 Å². The molecule has 0 radical (unpaired) electrons. The van der Waals surface area contributed by atoms with Gasteiger partial charge in [0.2, 0.25) is 10.0 Å². The zero-order chi connectivity index (χ0) is 14.6. The van der Waals surface area contributed by atoms with E-state index in [1.54, 1.807) is 18.3 Å². The predicted molar refractivity (Wildman–Crippen MR) is 82.3 cm³/mol. The average molecular weight is 303 g/mol. The summed E-state index contributed by atoms with van der Waals surface area (Å²) in [6.45, 7) is 7.26. The molecule has 2 fully saturated rings. The summed E-state index contributed by atoms with van der Waals surface area (Å²) in [6.07, 6.45) is 4.56. The van der Waals surface area contributed by atoms with Crippen LogP contribution in [-0.4, -0.2) is 69.2 Å². The first-order chi connectivity index (χ1) is 9.53. The number of sulfonamides is 1. The van der Waals surface area contributed by atoms with Gasteiger partial charge in [-0.3, -0.25) is 0 Å². The molecule has 118 valence electrons. The highest BCUT2D eigenvalue weighted by Gasteiger charge is 2.29. The standard InChI is InChI=1S/C14H29N3O2S/c1-3-20(18,19)16(2)14-6-9-17(10-7-14)12-13-5-4-8-15-11-13/h13-15H,3-12H2,1-2H3. The van der Waals surface area contributed by atoms with E-state index in [0.717, 1.165) is 44.9 Å². The summed E-state index contributed by atoms with van der Waals surface area (Å²) in [7, 11) is -1.30. The molecule has 1 N–H and O–H groups in total. The van der Waals surface area contributed by atoms with Crippen LogP contribution < -0.4 is 5.32 Å². The Kier molecular flexibility index (Phi) is 5.84. The lowest BCUT2D eigenvalue weighted by Gasteiger charge is -2.38. The molecule has 20 heavy (non-hydrogen) atoms. The minimum Gasteiger partial charge on any atom is -0.316 e. The Bertz CT molecular complexity index is 385. The second-order valence-corrected chi connectivity index (χ2v) is 8.48. The normalized spacial score (nSPS) is 27.1. The van der Waals surface area contributed by atoms with Crippen molar-refractivity contribution >= 4 is 10.0 Å². The third-order valence-electron chi connectivity index (χ3n) is 4.79. The van der Waals surface area contributed by atoms with E-state index in [2.05, 4.69) is 10.2 Å². The number of nitrogens with zero attached hydrogens (tertiary/aromatic N) is 2. The third-order valence-corrected chi connectivity index (χ3v) is 6.70. The Morgan fingerprint density at radius 1 is 1.25 bits per heavy atom. The van der Waals surface area contributed by atoms with E-state index < -0.39 is 10.0 Å². The summed E-state index contributed by atoms with van der Waals surface area (Å²) in [6, 6.07) is 0.195. The zero-order valence-electron chi connectivity index (χ0n) is 12.8. The quantitative estimate of drug-likeness (QED) is 0.814. The van der Waals surface area contributed by atoms with Crippen LogP contribution in [0.25, 0.3) is 0 Å². The van der Waals surface area contributed by atoms with Gasteiger partial charge < -0.3 is 10.2 Å². The molecule has 1 atom stereocenters. The Labute approximate surface area is 123 Å². The SMILES string of the molecule is CCS(=O)(=O)N(C)C1CCN(CC2CCCNC2)CC1. The first-order valence-corrected chi connectivity index (χ1v) is 9.52. The fraction of sp³-hybridized carbons (Fsp3) is 1.00. The van der Waals surface area contributed by atoms with Gasteiger partial charge in [-0.15, -0.1) is 0 Å². The van der Waals surface area contributed by atoms with E-state index in [0.29, 0.717) is 0 Å². The van der Waals surface area contributed by atoms with Gasteiger partial charge >= 0.3 is 0 Å². The van der Waals surface area contributed by atoms with Crippen LogP contribution in [0.5, 0.6) is 0 Å². The molecule has 0 aromatic heterocycles. The van der Waals surface area contributed by atoms with Crippen molar-refractivity contribution in [3.05, 3.63) is 0 Å². The van der Waals surface area contributed by atoms with Crippen LogP contribution in [0.3, 0.4) is 0 Å². The maximum absolute atomic E-state index is 11.9. The highest BCUT2D eigenvalue weighted by Crippen LogP contribution is 2.20. The molecule has 0 aliphatic carbocycles. The maximum Gasteiger partial charge on any atom is 0.213 e. The molecule has 2 saturated heterocycles. The molecule has 1 unspecified atom stereocenters. The van der Waals surface area contributed by atoms with Gasteiger partial charge in [-0.2, -0.15) is 0 Å². The first-order valence-electron chi connectivity index (χ1n) is 7.91. The lowest BCUT2D eigenvalue weighted by Crippen LogP contribution is -2.48. The molecular formula is C14H29N3O2S. The summed E-state index contributed by atoms with van der Waals surface area (Å²) in [5, 5.41) is 3.46. The van der Waals surface area contributed by atoms with Crippen molar-refractivity contribution in [2.24, 2.45) is 5.92 Å². The van der Waals surface area contributed by atoms with Crippen LogP contribution in [0.4, 0.5) is 0 Å². The van der Waals surface area contributed by atoms with Crippen LogP contribution in [0.1, 0.15) is 32.6 Å². The monoisotopic (exact) mass is 303 g/mol. The van der Waals surface area contributed by atoms with Crippen molar-refractivity contribution < 1.29 is 8.42 Å². The van der Waals surface area contributed by atoms with E-state index >= 15 is 0 Å². The van der Waals surface area contributed by atoms with Gasteiger partial charge in [0.15, 0.2) is 0 Å². The second-order valence-electron chi connectivity index (χ2n) is 6.16.